The van der Waals surface area contributed by atoms with Crippen LogP contribution in [0.2, 0.25) is 0 Å². The Morgan fingerprint density at radius 3 is 2.78 bits per heavy atom. The quantitative estimate of drug-likeness (QED) is 0.683. The van der Waals surface area contributed by atoms with E-state index in [-0.39, 0.29) is 17.5 Å². The zero-order valence-electron chi connectivity index (χ0n) is 12.0. The lowest BCUT2D eigenvalue weighted by Gasteiger charge is -2.03. The molecule has 1 heterocycles. The predicted octanol–water partition coefficient (Wildman–Crippen LogP) is 4.68. The monoisotopic (exact) mass is 344 g/mol. The molecule has 3 rings (SSSR count). The summed E-state index contributed by atoms with van der Waals surface area (Å²) in [4.78, 5) is 16.4. The Balaban J connectivity index is 1.56. The second-order valence-corrected chi connectivity index (χ2v) is 6.79. The summed E-state index contributed by atoms with van der Waals surface area (Å²) in [7, 11) is 0. The highest BCUT2D eigenvalue weighted by Gasteiger charge is 2.08. The zero-order valence-corrected chi connectivity index (χ0v) is 13.7. The first-order valence-electron chi connectivity index (χ1n) is 6.90. The van der Waals surface area contributed by atoms with E-state index in [4.69, 9.17) is 0 Å². The second-order valence-electron chi connectivity index (χ2n) is 4.71. The van der Waals surface area contributed by atoms with Gasteiger partial charge < -0.3 is 5.32 Å². The normalized spacial score (nSPS) is 10.5. The highest BCUT2D eigenvalue weighted by molar-refractivity contribution is 8.01. The van der Waals surface area contributed by atoms with Crippen molar-refractivity contribution in [2.75, 3.05) is 11.1 Å². The van der Waals surface area contributed by atoms with E-state index < -0.39 is 0 Å². The molecule has 0 spiro atoms. The maximum atomic E-state index is 13.1. The summed E-state index contributed by atoms with van der Waals surface area (Å²) in [6.07, 6.45) is 0. The molecule has 1 amide bonds. The van der Waals surface area contributed by atoms with Gasteiger partial charge in [-0.25, -0.2) is 9.37 Å². The molecule has 1 N–H and O–H groups in total. The first kappa shape index (κ1) is 15.7. The van der Waals surface area contributed by atoms with Gasteiger partial charge in [0.15, 0.2) is 4.34 Å². The van der Waals surface area contributed by atoms with Crippen LogP contribution >= 0.6 is 23.1 Å². The Labute approximate surface area is 141 Å². The van der Waals surface area contributed by atoms with Gasteiger partial charge in [0.1, 0.15) is 5.82 Å². The van der Waals surface area contributed by atoms with Gasteiger partial charge in [-0.1, -0.05) is 48.2 Å². The van der Waals surface area contributed by atoms with Gasteiger partial charge in [0, 0.05) is 16.6 Å². The average Bonchev–Trinajstić information content (AvgIpc) is 3.03. The molecule has 0 unspecified atom stereocenters. The summed E-state index contributed by atoms with van der Waals surface area (Å²) in [6, 6.07) is 15.7. The summed E-state index contributed by atoms with van der Waals surface area (Å²) in [5, 5.41) is 4.64. The van der Waals surface area contributed by atoms with Crippen LogP contribution in [0.4, 0.5) is 10.1 Å². The smallest absolute Gasteiger partial charge is 0.234 e. The zero-order chi connectivity index (χ0) is 16.1. The molecule has 3 nitrogen and oxygen atoms in total. The number of aromatic nitrogens is 1. The van der Waals surface area contributed by atoms with Gasteiger partial charge in [-0.2, -0.15) is 0 Å². The van der Waals surface area contributed by atoms with E-state index in [1.54, 1.807) is 12.1 Å². The third kappa shape index (κ3) is 4.40. The van der Waals surface area contributed by atoms with E-state index in [1.807, 2.05) is 35.7 Å². The first-order valence-corrected chi connectivity index (χ1v) is 8.76. The highest BCUT2D eigenvalue weighted by Crippen LogP contribution is 2.28. The molecule has 6 heteroatoms. The van der Waals surface area contributed by atoms with Crippen LogP contribution in [0.15, 0.2) is 64.3 Å². The van der Waals surface area contributed by atoms with Crippen LogP contribution in [0.25, 0.3) is 11.3 Å². The van der Waals surface area contributed by atoms with Crippen molar-refractivity contribution in [1.29, 1.82) is 0 Å². The maximum absolute atomic E-state index is 13.1. The number of amides is 1. The number of carbonyl (C=O) groups excluding carboxylic acids is 1. The predicted molar refractivity (Wildman–Crippen MR) is 93.3 cm³/mol. The molecule has 3 aromatic rings. The van der Waals surface area contributed by atoms with Crippen molar-refractivity contribution < 1.29 is 9.18 Å². The SMILES string of the molecule is O=C(CSc1nc(-c2ccccc2)cs1)Nc1cccc(F)c1. The molecule has 0 saturated heterocycles. The number of thioether (sulfide) groups is 1. The molecule has 116 valence electrons. The Morgan fingerprint density at radius 2 is 2.00 bits per heavy atom. The molecule has 0 saturated carbocycles. The number of rotatable bonds is 5. The molecular weight excluding hydrogens is 331 g/mol. The van der Waals surface area contributed by atoms with E-state index in [1.165, 1.54) is 35.2 Å². The molecule has 0 aliphatic rings. The number of anilines is 1. The van der Waals surface area contributed by atoms with E-state index in [9.17, 15) is 9.18 Å². The van der Waals surface area contributed by atoms with Crippen LogP contribution < -0.4 is 5.32 Å². The van der Waals surface area contributed by atoms with Crippen LogP contribution in [-0.4, -0.2) is 16.6 Å². The molecule has 0 radical (unpaired) electrons. The summed E-state index contributed by atoms with van der Waals surface area (Å²) in [6.45, 7) is 0. The van der Waals surface area contributed by atoms with E-state index in [0.29, 0.717) is 5.69 Å². The number of halogens is 1. The summed E-state index contributed by atoms with van der Waals surface area (Å²) in [5.41, 5.74) is 2.42. The molecule has 0 bridgehead atoms. The van der Waals surface area contributed by atoms with Gasteiger partial charge >= 0.3 is 0 Å². The van der Waals surface area contributed by atoms with Crippen molar-refractivity contribution in [3.63, 3.8) is 0 Å². The van der Waals surface area contributed by atoms with Gasteiger partial charge in [-0.3, -0.25) is 4.79 Å². The summed E-state index contributed by atoms with van der Waals surface area (Å²) >= 11 is 2.88. The van der Waals surface area contributed by atoms with Crippen molar-refractivity contribution in [2.45, 2.75) is 4.34 Å². The second kappa shape index (κ2) is 7.39. The molecule has 0 atom stereocenters. The minimum atomic E-state index is -0.372. The Hall–Kier alpha value is -2.18. The van der Waals surface area contributed by atoms with E-state index in [2.05, 4.69) is 10.3 Å². The fourth-order valence-electron chi connectivity index (χ4n) is 1.96. The third-order valence-electron chi connectivity index (χ3n) is 2.99. The van der Waals surface area contributed by atoms with E-state index in [0.717, 1.165) is 15.6 Å². The Kier molecular flexibility index (Phi) is 5.05. The van der Waals surface area contributed by atoms with E-state index >= 15 is 0 Å². The molecular formula is C17H13FN2OS2. The minimum absolute atomic E-state index is 0.183. The van der Waals surface area contributed by atoms with Gasteiger partial charge in [0.05, 0.1) is 11.4 Å². The minimum Gasteiger partial charge on any atom is -0.325 e. The van der Waals surface area contributed by atoms with Gasteiger partial charge in [-0.15, -0.1) is 11.3 Å². The maximum Gasteiger partial charge on any atom is 0.234 e. The summed E-state index contributed by atoms with van der Waals surface area (Å²) < 4.78 is 13.9. The lowest BCUT2D eigenvalue weighted by atomic mass is 10.2. The van der Waals surface area contributed by atoms with Crippen molar-refractivity contribution >= 4 is 34.7 Å². The number of hydrogen-bond acceptors (Lipinski definition) is 4. The lowest BCUT2D eigenvalue weighted by Crippen LogP contribution is -2.13. The van der Waals surface area contributed by atoms with Gasteiger partial charge in [0.25, 0.3) is 0 Å². The molecule has 2 aromatic carbocycles. The van der Waals surface area contributed by atoms with Crippen molar-refractivity contribution in [1.82, 2.24) is 4.98 Å². The highest BCUT2D eigenvalue weighted by atomic mass is 32.2. The van der Waals surface area contributed by atoms with Gasteiger partial charge in [-0.05, 0) is 18.2 Å². The number of carbonyl (C=O) groups is 1. The summed E-state index contributed by atoms with van der Waals surface area (Å²) in [5.74, 6) is -0.321. The molecule has 23 heavy (non-hydrogen) atoms. The molecule has 0 aliphatic heterocycles. The third-order valence-corrected chi connectivity index (χ3v) is 5.01. The number of thiazole rings is 1. The van der Waals surface area contributed by atoms with Crippen LogP contribution in [-0.2, 0) is 4.79 Å². The van der Waals surface area contributed by atoms with Crippen molar-refractivity contribution in [3.8, 4) is 11.3 Å². The Morgan fingerprint density at radius 1 is 1.17 bits per heavy atom. The van der Waals surface area contributed by atoms with Gasteiger partial charge in [0.2, 0.25) is 5.91 Å². The number of nitrogens with one attached hydrogen (secondary N) is 1. The standard InChI is InChI=1S/C17H13FN2OS2/c18-13-7-4-8-14(9-13)19-16(21)11-23-17-20-15(10-22-17)12-5-2-1-3-6-12/h1-10H,11H2,(H,19,21). The number of nitrogens with zero attached hydrogens (tertiary/aromatic N) is 1. The number of hydrogen-bond donors (Lipinski definition) is 1. The van der Waals surface area contributed by atoms with Crippen molar-refractivity contribution in [3.05, 3.63) is 65.8 Å². The van der Waals surface area contributed by atoms with Crippen LogP contribution in [0.1, 0.15) is 0 Å². The molecule has 0 fully saturated rings. The lowest BCUT2D eigenvalue weighted by molar-refractivity contribution is -0.113. The van der Waals surface area contributed by atoms with Crippen LogP contribution in [0, 0.1) is 5.82 Å². The van der Waals surface area contributed by atoms with Crippen LogP contribution in [0.3, 0.4) is 0 Å². The van der Waals surface area contributed by atoms with Crippen molar-refractivity contribution in [2.24, 2.45) is 0 Å². The molecule has 1 aromatic heterocycles. The molecule has 0 aliphatic carbocycles. The average molecular weight is 344 g/mol. The Bertz CT molecular complexity index is 805. The largest absolute Gasteiger partial charge is 0.325 e. The number of benzene rings is 2. The fraction of sp³-hybridized carbons (Fsp3) is 0.0588. The first-order chi connectivity index (χ1) is 11.2. The topological polar surface area (TPSA) is 42.0 Å². The van der Waals surface area contributed by atoms with Crippen LogP contribution in [0.5, 0.6) is 0 Å². The fourth-order valence-corrected chi connectivity index (χ4v) is 3.59.